The first-order chi connectivity index (χ1) is 10.5. The van der Waals surface area contributed by atoms with E-state index in [0.717, 1.165) is 10.6 Å². The molecule has 116 valence electrons. The van der Waals surface area contributed by atoms with Crippen LogP contribution in [0.1, 0.15) is 34.9 Å². The lowest BCUT2D eigenvalue weighted by atomic mass is 10.0. The average Bonchev–Trinajstić information content (AvgIpc) is 2.93. The number of carboxylic acid groups (broad SMARTS) is 1. The minimum absolute atomic E-state index is 0.191. The number of carbonyl (C=O) groups is 2. The zero-order valence-electron chi connectivity index (χ0n) is 12.4. The number of nitrogens with one attached hydrogen (secondary N) is 1. The lowest BCUT2D eigenvalue weighted by Crippen LogP contribution is -2.44. The fourth-order valence-electron chi connectivity index (χ4n) is 2.00. The van der Waals surface area contributed by atoms with Gasteiger partial charge >= 0.3 is 5.97 Å². The van der Waals surface area contributed by atoms with Crippen molar-refractivity contribution in [3.63, 3.8) is 0 Å². The summed E-state index contributed by atoms with van der Waals surface area (Å²) in [5.74, 6) is -1.68. The molecule has 2 rings (SSSR count). The van der Waals surface area contributed by atoms with Crippen LogP contribution < -0.4 is 5.32 Å². The highest BCUT2D eigenvalue weighted by Crippen LogP contribution is 2.15. The monoisotopic (exact) mass is 318 g/mol. The zero-order chi connectivity index (χ0) is 16.1. The molecule has 1 aromatic carbocycles. The number of carbonyl (C=O) groups excluding carboxylic acids is 1. The van der Waals surface area contributed by atoms with Gasteiger partial charge in [-0.15, -0.1) is 11.3 Å². The van der Waals surface area contributed by atoms with Crippen LogP contribution in [-0.2, 0) is 11.2 Å². The Hall–Kier alpha value is -2.21. The molecule has 1 aromatic heterocycles. The van der Waals surface area contributed by atoms with E-state index in [1.54, 1.807) is 19.2 Å². The van der Waals surface area contributed by atoms with Crippen molar-refractivity contribution in [1.82, 2.24) is 10.3 Å². The quantitative estimate of drug-likeness (QED) is 0.858. The van der Waals surface area contributed by atoms with Crippen molar-refractivity contribution in [3.05, 3.63) is 52.0 Å². The Bertz CT molecular complexity index is 652. The summed E-state index contributed by atoms with van der Waals surface area (Å²) in [5, 5.41) is 14.1. The number of aromatic nitrogens is 1. The molecule has 1 heterocycles. The van der Waals surface area contributed by atoms with Gasteiger partial charge in [0.2, 0.25) is 0 Å². The van der Waals surface area contributed by atoms with Gasteiger partial charge in [-0.25, -0.2) is 9.78 Å². The Morgan fingerprint density at radius 3 is 2.55 bits per heavy atom. The first kappa shape index (κ1) is 16.2. The summed E-state index contributed by atoms with van der Waals surface area (Å²) < 4.78 is 0. The average molecular weight is 318 g/mol. The molecule has 2 N–H and O–H groups in total. The van der Waals surface area contributed by atoms with E-state index in [0.29, 0.717) is 6.42 Å². The third kappa shape index (κ3) is 4.14. The van der Waals surface area contributed by atoms with E-state index in [4.69, 9.17) is 5.11 Å². The maximum Gasteiger partial charge on any atom is 0.326 e. The third-order valence-electron chi connectivity index (χ3n) is 3.20. The van der Waals surface area contributed by atoms with Gasteiger partial charge < -0.3 is 10.4 Å². The van der Waals surface area contributed by atoms with Crippen molar-refractivity contribution in [2.75, 3.05) is 0 Å². The largest absolute Gasteiger partial charge is 0.480 e. The molecule has 5 nitrogen and oxygen atoms in total. The van der Waals surface area contributed by atoms with Crippen LogP contribution in [0.5, 0.6) is 0 Å². The minimum Gasteiger partial charge on any atom is -0.480 e. The zero-order valence-corrected chi connectivity index (χ0v) is 13.3. The molecule has 2 aromatic rings. The van der Waals surface area contributed by atoms with E-state index in [1.807, 2.05) is 30.3 Å². The van der Waals surface area contributed by atoms with Crippen molar-refractivity contribution in [2.45, 2.75) is 26.3 Å². The Labute approximate surface area is 133 Å². The second kappa shape index (κ2) is 7.17. The van der Waals surface area contributed by atoms with Crippen molar-refractivity contribution in [3.8, 4) is 0 Å². The maximum absolute atomic E-state index is 12.1. The molecule has 6 heteroatoms. The number of nitrogens with zero attached hydrogens (tertiary/aromatic N) is 1. The lowest BCUT2D eigenvalue weighted by molar-refractivity contribution is -0.140. The number of rotatable bonds is 6. The Morgan fingerprint density at radius 2 is 1.95 bits per heavy atom. The molecule has 22 heavy (non-hydrogen) atoms. The van der Waals surface area contributed by atoms with Crippen LogP contribution in [0.15, 0.2) is 35.7 Å². The normalized spacial score (nSPS) is 12.1. The van der Waals surface area contributed by atoms with E-state index in [9.17, 15) is 9.59 Å². The van der Waals surface area contributed by atoms with Crippen LogP contribution in [0.3, 0.4) is 0 Å². The summed E-state index contributed by atoms with van der Waals surface area (Å²) >= 11 is 1.40. The molecule has 0 aliphatic carbocycles. The van der Waals surface area contributed by atoms with E-state index >= 15 is 0 Å². The number of carboxylic acids is 1. The Kier molecular flexibility index (Phi) is 5.27. The van der Waals surface area contributed by atoms with Crippen molar-refractivity contribution in [2.24, 2.45) is 5.92 Å². The van der Waals surface area contributed by atoms with Gasteiger partial charge in [-0.3, -0.25) is 4.79 Å². The molecule has 0 spiro atoms. The first-order valence-electron chi connectivity index (χ1n) is 6.99. The summed E-state index contributed by atoms with van der Waals surface area (Å²) in [7, 11) is 0. The van der Waals surface area contributed by atoms with Gasteiger partial charge in [-0.05, 0) is 11.5 Å². The fraction of sp³-hybridized carbons (Fsp3) is 0.312. The van der Waals surface area contributed by atoms with Crippen molar-refractivity contribution >= 4 is 23.2 Å². The summed E-state index contributed by atoms with van der Waals surface area (Å²) in [5.41, 5.74) is 1.39. The molecular weight excluding hydrogens is 300 g/mol. The second-order valence-corrected chi connectivity index (χ2v) is 6.26. The molecule has 0 aliphatic rings. The molecule has 1 amide bonds. The standard InChI is InChI=1S/C16H18N2O3S/c1-10(2)14(16(20)21)18-15(19)12-9-22-13(17-12)8-11-6-4-3-5-7-11/h3-7,9-10,14H,8H2,1-2H3,(H,18,19)(H,20,21)/t14-/m1/s1. The predicted octanol–water partition coefficient (Wildman–Crippen LogP) is 2.57. The second-order valence-electron chi connectivity index (χ2n) is 5.32. The molecular formula is C16H18N2O3S. The number of hydrogen-bond donors (Lipinski definition) is 2. The van der Waals surface area contributed by atoms with Gasteiger partial charge in [0.05, 0.1) is 5.01 Å². The number of benzene rings is 1. The van der Waals surface area contributed by atoms with Crippen molar-refractivity contribution in [1.29, 1.82) is 0 Å². The molecule has 0 radical (unpaired) electrons. The van der Waals surface area contributed by atoms with Gasteiger partial charge in [-0.1, -0.05) is 44.2 Å². The predicted molar refractivity (Wildman–Crippen MR) is 85.1 cm³/mol. The number of thiazole rings is 1. The van der Waals surface area contributed by atoms with Crippen molar-refractivity contribution < 1.29 is 14.7 Å². The van der Waals surface area contributed by atoms with Gasteiger partial charge in [-0.2, -0.15) is 0 Å². The lowest BCUT2D eigenvalue weighted by Gasteiger charge is -2.16. The Balaban J connectivity index is 2.04. The molecule has 0 bridgehead atoms. The molecule has 0 fully saturated rings. The maximum atomic E-state index is 12.1. The third-order valence-corrected chi connectivity index (χ3v) is 4.05. The highest BCUT2D eigenvalue weighted by Gasteiger charge is 2.24. The Morgan fingerprint density at radius 1 is 1.27 bits per heavy atom. The molecule has 0 unspecified atom stereocenters. The van der Waals surface area contributed by atoms with E-state index in [-0.39, 0.29) is 11.6 Å². The van der Waals surface area contributed by atoms with Gasteiger partial charge in [0.1, 0.15) is 11.7 Å². The van der Waals surface area contributed by atoms with E-state index in [1.165, 1.54) is 11.3 Å². The summed E-state index contributed by atoms with van der Waals surface area (Å²) in [6.45, 7) is 3.50. The highest BCUT2D eigenvalue weighted by atomic mass is 32.1. The van der Waals surface area contributed by atoms with Crippen LogP contribution in [0.4, 0.5) is 0 Å². The van der Waals surface area contributed by atoms with Gasteiger partial charge in [0, 0.05) is 11.8 Å². The first-order valence-corrected chi connectivity index (χ1v) is 7.87. The van der Waals surface area contributed by atoms with Crippen LogP contribution in [-0.4, -0.2) is 28.0 Å². The van der Waals surface area contributed by atoms with Gasteiger partial charge in [0.15, 0.2) is 0 Å². The number of aliphatic carboxylic acids is 1. The molecule has 1 atom stereocenters. The van der Waals surface area contributed by atoms with E-state index in [2.05, 4.69) is 10.3 Å². The van der Waals surface area contributed by atoms with Crippen LogP contribution in [0, 0.1) is 5.92 Å². The smallest absolute Gasteiger partial charge is 0.326 e. The number of amides is 1. The van der Waals surface area contributed by atoms with Gasteiger partial charge in [0.25, 0.3) is 5.91 Å². The fourth-order valence-corrected chi connectivity index (χ4v) is 2.80. The SMILES string of the molecule is CC(C)[C@@H](NC(=O)c1csc(Cc2ccccc2)n1)C(=O)O. The minimum atomic E-state index is -1.04. The van der Waals surface area contributed by atoms with E-state index < -0.39 is 17.9 Å². The molecule has 0 aliphatic heterocycles. The summed E-state index contributed by atoms with van der Waals surface area (Å²) in [4.78, 5) is 27.5. The molecule has 0 saturated carbocycles. The van der Waals surface area contributed by atoms with Crippen LogP contribution in [0.2, 0.25) is 0 Å². The number of hydrogen-bond acceptors (Lipinski definition) is 4. The van der Waals surface area contributed by atoms with Crippen LogP contribution >= 0.6 is 11.3 Å². The topological polar surface area (TPSA) is 79.3 Å². The highest BCUT2D eigenvalue weighted by molar-refractivity contribution is 7.09. The summed E-state index contributed by atoms with van der Waals surface area (Å²) in [6, 6.07) is 8.95. The summed E-state index contributed by atoms with van der Waals surface area (Å²) in [6.07, 6.45) is 0.658. The van der Waals surface area contributed by atoms with Crippen LogP contribution in [0.25, 0.3) is 0 Å². The molecule has 0 saturated heterocycles.